The lowest BCUT2D eigenvalue weighted by Gasteiger charge is -1.86. The Morgan fingerprint density at radius 2 is 2.00 bits per heavy atom. The van der Waals surface area contributed by atoms with Crippen LogP contribution in [0.25, 0.3) is 0 Å². The summed E-state index contributed by atoms with van der Waals surface area (Å²) in [5.41, 5.74) is 1.75. The summed E-state index contributed by atoms with van der Waals surface area (Å²) >= 11 is 0. The molecule has 0 unspecified atom stereocenters. The van der Waals surface area contributed by atoms with E-state index in [4.69, 9.17) is 5.26 Å². The van der Waals surface area contributed by atoms with Crippen LogP contribution in [0.5, 0.6) is 0 Å². The summed E-state index contributed by atoms with van der Waals surface area (Å²) < 4.78 is 0. The predicted octanol–water partition coefficient (Wildman–Crippen LogP) is 2.51. The van der Waals surface area contributed by atoms with Crippen LogP contribution in [0.4, 0.5) is 0 Å². The molecule has 0 atom stereocenters. The highest BCUT2D eigenvalue weighted by atomic mass is 14.2. The lowest BCUT2D eigenvalue weighted by molar-refractivity contribution is 1.50. The van der Waals surface area contributed by atoms with Crippen LogP contribution in [0.1, 0.15) is 12.5 Å². The number of rotatable bonds is 0. The molecule has 0 bridgehead atoms. The Morgan fingerprint density at radius 3 is 2.62 bits per heavy atom. The first-order valence-corrected chi connectivity index (χ1v) is 3.96. The molecule has 0 spiro atoms. The fourth-order valence-corrected chi connectivity index (χ4v) is 0.825. The molecular formula is C12H9N. The smallest absolute Gasteiger partial charge is 0.0921 e. The monoisotopic (exact) mass is 167 g/mol. The van der Waals surface area contributed by atoms with Crippen molar-refractivity contribution in [2.75, 3.05) is 0 Å². The van der Waals surface area contributed by atoms with E-state index in [0.717, 1.165) is 11.1 Å². The molecule has 1 rings (SSSR count). The van der Waals surface area contributed by atoms with Crippen LogP contribution in [0.15, 0.2) is 42.0 Å². The average Bonchev–Trinajstić information content (AvgIpc) is 2.17. The van der Waals surface area contributed by atoms with Crippen LogP contribution in [0.3, 0.4) is 0 Å². The van der Waals surface area contributed by atoms with Crippen LogP contribution in [-0.2, 0) is 0 Å². The molecule has 0 aliphatic heterocycles. The van der Waals surface area contributed by atoms with Crippen molar-refractivity contribution in [1.82, 2.24) is 0 Å². The molecular weight excluding hydrogens is 158 g/mol. The van der Waals surface area contributed by atoms with Gasteiger partial charge in [0.1, 0.15) is 0 Å². The summed E-state index contributed by atoms with van der Waals surface area (Å²) in [6.45, 7) is 1.82. The normalized spacial score (nSPS) is 9.69. The van der Waals surface area contributed by atoms with Gasteiger partial charge in [0.15, 0.2) is 0 Å². The highest BCUT2D eigenvalue weighted by molar-refractivity contribution is 5.40. The third kappa shape index (κ3) is 3.27. The van der Waals surface area contributed by atoms with Crippen LogP contribution >= 0.6 is 0 Å². The van der Waals surface area contributed by atoms with E-state index in [1.54, 1.807) is 0 Å². The van der Waals surface area contributed by atoms with Gasteiger partial charge in [-0.2, -0.15) is 5.26 Å². The van der Waals surface area contributed by atoms with Crippen molar-refractivity contribution in [2.24, 2.45) is 0 Å². The first-order chi connectivity index (χ1) is 6.33. The minimum absolute atomic E-state index is 0.784. The van der Waals surface area contributed by atoms with Crippen molar-refractivity contribution in [3.8, 4) is 17.9 Å². The second-order valence-corrected chi connectivity index (χ2v) is 2.57. The maximum atomic E-state index is 8.34. The Kier molecular flexibility index (Phi) is 3.36. The highest BCUT2D eigenvalue weighted by Crippen LogP contribution is 1.96. The van der Waals surface area contributed by atoms with E-state index in [1.165, 1.54) is 6.08 Å². The van der Waals surface area contributed by atoms with Gasteiger partial charge in [0.05, 0.1) is 6.07 Å². The molecule has 0 saturated carbocycles. The topological polar surface area (TPSA) is 23.8 Å². The number of allylic oxidation sites excluding steroid dienone is 2. The van der Waals surface area contributed by atoms with Crippen molar-refractivity contribution >= 4 is 0 Å². The van der Waals surface area contributed by atoms with Gasteiger partial charge in [-0.1, -0.05) is 30.0 Å². The van der Waals surface area contributed by atoms with E-state index in [2.05, 4.69) is 11.8 Å². The van der Waals surface area contributed by atoms with Gasteiger partial charge >= 0.3 is 0 Å². The van der Waals surface area contributed by atoms with Gasteiger partial charge < -0.3 is 0 Å². The van der Waals surface area contributed by atoms with Crippen LogP contribution in [0, 0.1) is 23.2 Å². The van der Waals surface area contributed by atoms with Crippen molar-refractivity contribution in [3.05, 3.63) is 47.5 Å². The molecule has 1 heteroatoms. The fraction of sp³-hybridized carbons (Fsp3) is 0.0833. The summed E-state index contributed by atoms with van der Waals surface area (Å²) in [6, 6.07) is 11.6. The summed E-state index contributed by atoms with van der Waals surface area (Å²) in [7, 11) is 0. The molecule has 62 valence electrons. The largest absolute Gasteiger partial charge is 0.193 e. The molecule has 0 saturated heterocycles. The summed E-state index contributed by atoms with van der Waals surface area (Å²) in [4.78, 5) is 0. The van der Waals surface area contributed by atoms with Gasteiger partial charge in [-0.25, -0.2) is 0 Å². The van der Waals surface area contributed by atoms with Gasteiger partial charge in [-0.3, -0.25) is 0 Å². The minimum atomic E-state index is 0.784. The summed E-state index contributed by atoms with van der Waals surface area (Å²) in [5, 5.41) is 8.34. The number of hydrogen-bond acceptors (Lipinski definition) is 1. The number of benzene rings is 1. The predicted molar refractivity (Wildman–Crippen MR) is 52.7 cm³/mol. The van der Waals surface area contributed by atoms with Gasteiger partial charge in [0.25, 0.3) is 0 Å². The van der Waals surface area contributed by atoms with E-state index in [0.29, 0.717) is 0 Å². The number of nitrogens with zero attached hydrogens (tertiary/aromatic N) is 1. The molecule has 1 aromatic carbocycles. The molecule has 1 nitrogen and oxygen atoms in total. The molecule has 0 N–H and O–H groups in total. The molecule has 0 fully saturated rings. The van der Waals surface area contributed by atoms with Gasteiger partial charge in [-0.15, -0.1) is 0 Å². The van der Waals surface area contributed by atoms with Crippen molar-refractivity contribution in [1.29, 1.82) is 5.26 Å². The lowest BCUT2D eigenvalue weighted by Crippen LogP contribution is -1.72. The maximum absolute atomic E-state index is 8.34. The van der Waals surface area contributed by atoms with E-state index in [9.17, 15) is 0 Å². The number of nitriles is 1. The second kappa shape index (κ2) is 4.80. The van der Waals surface area contributed by atoms with Gasteiger partial charge in [-0.05, 0) is 19.1 Å². The van der Waals surface area contributed by atoms with Gasteiger partial charge in [0.2, 0.25) is 0 Å². The zero-order valence-corrected chi connectivity index (χ0v) is 7.41. The van der Waals surface area contributed by atoms with E-state index < -0.39 is 0 Å². The highest BCUT2D eigenvalue weighted by Gasteiger charge is 1.82. The quantitative estimate of drug-likeness (QED) is 0.430. The summed E-state index contributed by atoms with van der Waals surface area (Å²) in [6.07, 6.45) is 1.44. The minimum Gasteiger partial charge on any atom is -0.193 e. The van der Waals surface area contributed by atoms with Crippen LogP contribution < -0.4 is 0 Å². The third-order valence-corrected chi connectivity index (χ3v) is 1.46. The average molecular weight is 167 g/mol. The second-order valence-electron chi connectivity index (χ2n) is 2.57. The molecule has 0 aromatic heterocycles. The fourth-order valence-electron chi connectivity index (χ4n) is 0.825. The Hall–Kier alpha value is -1.99. The Morgan fingerprint density at radius 1 is 1.31 bits per heavy atom. The van der Waals surface area contributed by atoms with Crippen molar-refractivity contribution in [2.45, 2.75) is 6.92 Å². The molecule has 0 amide bonds. The first kappa shape index (κ1) is 9.10. The number of hydrogen-bond donors (Lipinski definition) is 0. The molecule has 0 heterocycles. The third-order valence-electron chi connectivity index (χ3n) is 1.46. The molecule has 0 aliphatic carbocycles. The van der Waals surface area contributed by atoms with E-state index in [-0.39, 0.29) is 0 Å². The van der Waals surface area contributed by atoms with Crippen molar-refractivity contribution < 1.29 is 0 Å². The van der Waals surface area contributed by atoms with Gasteiger partial charge in [0, 0.05) is 17.2 Å². The van der Waals surface area contributed by atoms with E-state index >= 15 is 0 Å². The SMILES string of the molecule is C/C(C#Cc1ccccc1)=C\C#N. The van der Waals surface area contributed by atoms with Crippen LogP contribution in [-0.4, -0.2) is 0 Å². The molecule has 0 aliphatic rings. The first-order valence-electron chi connectivity index (χ1n) is 3.96. The molecule has 1 aromatic rings. The Labute approximate surface area is 78.3 Å². The molecule has 13 heavy (non-hydrogen) atoms. The van der Waals surface area contributed by atoms with Crippen LogP contribution in [0.2, 0.25) is 0 Å². The zero-order chi connectivity index (χ0) is 9.52. The lowest BCUT2D eigenvalue weighted by atomic mass is 10.2. The summed E-state index contributed by atoms with van der Waals surface area (Å²) in [5.74, 6) is 5.85. The molecule has 0 radical (unpaired) electrons. The Bertz CT molecular complexity index is 396. The maximum Gasteiger partial charge on any atom is 0.0921 e. The van der Waals surface area contributed by atoms with E-state index in [1.807, 2.05) is 43.3 Å². The zero-order valence-electron chi connectivity index (χ0n) is 7.41. The van der Waals surface area contributed by atoms with Crippen molar-refractivity contribution in [3.63, 3.8) is 0 Å². The standard InChI is InChI=1S/C12H9N/c1-11(9-10-13)7-8-12-5-3-2-4-6-12/h2-6,9H,1H3/b11-9+. The Balaban J connectivity index is 2.81.